The number of para-hydroxylation sites is 1. The first-order valence-corrected chi connectivity index (χ1v) is 11.6. The summed E-state index contributed by atoms with van der Waals surface area (Å²) in [7, 11) is 3.37. The highest BCUT2D eigenvalue weighted by atomic mass is 32.2. The number of hydrazine groups is 1. The molecule has 1 atom stereocenters. The van der Waals surface area contributed by atoms with Crippen LogP contribution >= 0.6 is 11.8 Å². The molecule has 2 heterocycles. The zero-order chi connectivity index (χ0) is 24.3. The van der Waals surface area contributed by atoms with Crippen LogP contribution in [0.5, 0.6) is 5.75 Å². The fourth-order valence-electron chi connectivity index (χ4n) is 3.83. The predicted molar refractivity (Wildman–Crippen MR) is 126 cm³/mol. The Balaban J connectivity index is 1.44. The Morgan fingerprint density at radius 3 is 2.53 bits per heavy atom. The van der Waals surface area contributed by atoms with Gasteiger partial charge in [-0.2, -0.15) is 5.01 Å². The van der Waals surface area contributed by atoms with Crippen molar-refractivity contribution < 1.29 is 19.1 Å². The minimum Gasteiger partial charge on any atom is -0.496 e. The molecule has 0 aliphatic carbocycles. The van der Waals surface area contributed by atoms with E-state index in [-0.39, 0.29) is 5.75 Å². The van der Waals surface area contributed by atoms with Crippen molar-refractivity contribution in [3.63, 3.8) is 0 Å². The van der Waals surface area contributed by atoms with Gasteiger partial charge in [0.2, 0.25) is 5.91 Å². The Kier molecular flexibility index (Phi) is 6.55. The number of hydrogen-bond acceptors (Lipinski definition) is 7. The third-order valence-corrected chi connectivity index (χ3v) is 6.66. The third-order valence-electron chi connectivity index (χ3n) is 5.64. The Labute approximate surface area is 200 Å². The lowest BCUT2D eigenvalue weighted by molar-refractivity contribution is -0.138. The summed E-state index contributed by atoms with van der Waals surface area (Å²) in [4.78, 5) is 38.3. The van der Waals surface area contributed by atoms with E-state index in [4.69, 9.17) is 4.74 Å². The van der Waals surface area contributed by atoms with E-state index in [9.17, 15) is 14.4 Å². The van der Waals surface area contributed by atoms with E-state index in [0.717, 1.165) is 22.3 Å². The van der Waals surface area contributed by atoms with Gasteiger partial charge in [0.25, 0.3) is 5.91 Å². The quantitative estimate of drug-likeness (QED) is 0.376. The molecule has 1 saturated heterocycles. The number of thioether (sulfide) groups is 1. The second-order valence-corrected chi connectivity index (χ2v) is 8.53. The first kappa shape index (κ1) is 23.3. The largest absolute Gasteiger partial charge is 0.496 e. The van der Waals surface area contributed by atoms with Crippen molar-refractivity contribution in [2.24, 2.45) is 7.05 Å². The van der Waals surface area contributed by atoms with E-state index >= 15 is 0 Å². The van der Waals surface area contributed by atoms with Gasteiger partial charge in [0.15, 0.2) is 11.0 Å². The van der Waals surface area contributed by atoms with Crippen LogP contribution in [-0.4, -0.2) is 50.5 Å². The highest BCUT2D eigenvalue weighted by Crippen LogP contribution is 2.32. The van der Waals surface area contributed by atoms with Gasteiger partial charge in [0, 0.05) is 7.05 Å². The highest BCUT2D eigenvalue weighted by Gasteiger charge is 2.52. The number of nitrogens with zero attached hydrogens (tertiary/aromatic N) is 4. The molecule has 34 heavy (non-hydrogen) atoms. The maximum Gasteiger partial charge on any atom is 0.344 e. The molecule has 0 saturated carbocycles. The number of hydrogen-bond donors (Lipinski definition) is 2. The number of rotatable bonds is 8. The third kappa shape index (κ3) is 4.10. The number of carbonyl (C=O) groups is 3. The normalized spacial score (nSPS) is 17.6. The van der Waals surface area contributed by atoms with E-state index in [1.165, 1.54) is 0 Å². The Morgan fingerprint density at radius 2 is 1.82 bits per heavy atom. The smallest absolute Gasteiger partial charge is 0.344 e. The molecule has 4 rings (SSSR count). The Bertz CT molecular complexity index is 1230. The van der Waals surface area contributed by atoms with Crippen molar-refractivity contribution in [1.82, 2.24) is 30.5 Å². The molecule has 1 aliphatic rings. The molecule has 4 amide bonds. The molecule has 1 unspecified atom stereocenters. The summed E-state index contributed by atoms with van der Waals surface area (Å²) >= 11 is 1.14. The van der Waals surface area contributed by atoms with Gasteiger partial charge in [-0.3, -0.25) is 15.0 Å². The van der Waals surface area contributed by atoms with Crippen LogP contribution in [0.15, 0.2) is 59.8 Å². The van der Waals surface area contributed by atoms with Crippen LogP contribution < -0.4 is 15.5 Å². The Morgan fingerprint density at radius 1 is 1.12 bits per heavy atom. The average molecular weight is 481 g/mol. The van der Waals surface area contributed by atoms with Gasteiger partial charge in [0.05, 0.1) is 18.4 Å². The van der Waals surface area contributed by atoms with Crippen molar-refractivity contribution in [3.05, 3.63) is 60.2 Å². The Hall–Kier alpha value is -3.86. The number of aromatic nitrogens is 3. The second-order valence-electron chi connectivity index (χ2n) is 7.58. The lowest BCUT2D eigenvalue weighted by Crippen LogP contribution is -2.49. The molecule has 2 N–H and O–H groups in total. The number of ether oxygens (including phenoxy) is 1. The van der Waals surface area contributed by atoms with Gasteiger partial charge in [0.1, 0.15) is 11.3 Å². The van der Waals surface area contributed by atoms with Crippen LogP contribution in [0.25, 0.3) is 11.4 Å². The number of benzene rings is 2. The topological polar surface area (TPSA) is 118 Å². The van der Waals surface area contributed by atoms with Crippen molar-refractivity contribution in [2.45, 2.75) is 24.0 Å². The summed E-state index contributed by atoms with van der Waals surface area (Å²) in [5.41, 5.74) is 2.63. The van der Waals surface area contributed by atoms with Crippen LogP contribution in [-0.2, 0) is 22.2 Å². The molecule has 1 aromatic heterocycles. The molecule has 1 fully saturated rings. The van der Waals surface area contributed by atoms with Crippen molar-refractivity contribution in [2.75, 3.05) is 12.9 Å². The van der Waals surface area contributed by atoms with Gasteiger partial charge in [-0.15, -0.1) is 10.2 Å². The summed E-state index contributed by atoms with van der Waals surface area (Å²) in [6.45, 7) is 1.81. The van der Waals surface area contributed by atoms with Crippen LogP contribution in [0.4, 0.5) is 4.79 Å². The molecule has 0 radical (unpaired) electrons. The number of nitrogens with one attached hydrogen (secondary N) is 2. The summed E-state index contributed by atoms with van der Waals surface area (Å²) in [6, 6.07) is 15.7. The molecule has 11 heteroatoms. The molecule has 0 bridgehead atoms. The minimum atomic E-state index is -1.22. The molecule has 0 spiro atoms. The minimum absolute atomic E-state index is 0.0700. The maximum atomic E-state index is 13.1. The van der Waals surface area contributed by atoms with Gasteiger partial charge in [-0.25, -0.2) is 4.79 Å². The summed E-state index contributed by atoms with van der Waals surface area (Å²) in [5.74, 6) is 0.130. The highest BCUT2D eigenvalue weighted by molar-refractivity contribution is 7.99. The predicted octanol–water partition coefficient (Wildman–Crippen LogP) is 2.47. The molecule has 3 aromatic rings. The van der Waals surface area contributed by atoms with Gasteiger partial charge >= 0.3 is 6.03 Å². The van der Waals surface area contributed by atoms with E-state index < -0.39 is 23.4 Å². The molecule has 176 valence electrons. The fourth-order valence-corrected chi connectivity index (χ4v) is 4.53. The molecule has 1 aliphatic heterocycles. The summed E-state index contributed by atoms with van der Waals surface area (Å²) in [5, 5.41) is 12.4. The van der Waals surface area contributed by atoms with Crippen molar-refractivity contribution in [3.8, 4) is 17.1 Å². The molecular weight excluding hydrogens is 456 g/mol. The number of carbonyl (C=O) groups excluding carboxylic acids is 3. The lowest BCUT2D eigenvalue weighted by atomic mass is 9.87. The van der Waals surface area contributed by atoms with Crippen LogP contribution in [0.1, 0.15) is 18.9 Å². The van der Waals surface area contributed by atoms with Crippen molar-refractivity contribution >= 4 is 29.6 Å². The number of amides is 4. The fraction of sp³-hybridized carbons (Fsp3) is 0.261. The monoisotopic (exact) mass is 480 g/mol. The van der Waals surface area contributed by atoms with Crippen LogP contribution in [0.2, 0.25) is 0 Å². The molecule has 2 aromatic carbocycles. The summed E-state index contributed by atoms with van der Waals surface area (Å²) in [6.07, 6.45) is 0.341. The number of imide groups is 1. The first-order chi connectivity index (χ1) is 16.4. The second kappa shape index (κ2) is 9.56. The van der Waals surface area contributed by atoms with E-state index in [1.807, 2.05) is 30.3 Å². The summed E-state index contributed by atoms with van der Waals surface area (Å²) < 4.78 is 7.14. The van der Waals surface area contributed by atoms with E-state index in [1.54, 1.807) is 49.9 Å². The van der Waals surface area contributed by atoms with Gasteiger partial charge in [-0.1, -0.05) is 61.2 Å². The molecular formula is C23H24N6O4S. The van der Waals surface area contributed by atoms with E-state index in [0.29, 0.717) is 28.7 Å². The average Bonchev–Trinajstić information content (AvgIpc) is 3.35. The molecule has 10 nitrogen and oxygen atoms in total. The van der Waals surface area contributed by atoms with Crippen LogP contribution in [0, 0.1) is 0 Å². The zero-order valence-electron chi connectivity index (χ0n) is 18.9. The standard InChI is InChI=1S/C23H24N6O4S/c1-4-23(15-10-6-5-7-11-15)20(31)29(21(32)24-23)27-18(30)14-34-22-26-25-19(28(22)2)16-12-8-9-13-17(16)33-3/h5-13H,4,14H2,1-3H3,(H,24,32)(H,27,30). The zero-order valence-corrected chi connectivity index (χ0v) is 19.8. The lowest BCUT2D eigenvalue weighted by Gasteiger charge is -2.25. The van der Waals surface area contributed by atoms with E-state index in [2.05, 4.69) is 20.9 Å². The number of methoxy groups -OCH3 is 1. The SMILES string of the molecule is CCC1(c2ccccc2)NC(=O)N(NC(=O)CSc2nnc(-c3ccccc3OC)n2C)C1=O. The van der Waals surface area contributed by atoms with Gasteiger partial charge in [-0.05, 0) is 24.1 Å². The number of urea groups is 1. The first-order valence-electron chi connectivity index (χ1n) is 10.6. The van der Waals surface area contributed by atoms with Crippen molar-refractivity contribution in [1.29, 1.82) is 0 Å². The maximum absolute atomic E-state index is 13.1. The van der Waals surface area contributed by atoms with Gasteiger partial charge < -0.3 is 14.6 Å². The van der Waals surface area contributed by atoms with Crippen LogP contribution in [0.3, 0.4) is 0 Å².